The normalized spacial score (nSPS) is 16.4. The summed E-state index contributed by atoms with van der Waals surface area (Å²) in [4.78, 5) is 6.94. The Labute approximate surface area is 94.4 Å². The number of methoxy groups -OCH3 is 1. The maximum Gasteiger partial charge on any atom is 0.124 e. The van der Waals surface area contributed by atoms with Gasteiger partial charge in [0.25, 0.3) is 0 Å². The van der Waals surface area contributed by atoms with Gasteiger partial charge in [-0.1, -0.05) is 0 Å². The van der Waals surface area contributed by atoms with Gasteiger partial charge in [-0.2, -0.15) is 0 Å². The summed E-state index contributed by atoms with van der Waals surface area (Å²) in [6.45, 7) is 3.04. The molecule has 0 radical (unpaired) electrons. The van der Waals surface area contributed by atoms with E-state index in [0.717, 1.165) is 36.7 Å². The van der Waals surface area contributed by atoms with Gasteiger partial charge in [0.15, 0.2) is 0 Å². The summed E-state index contributed by atoms with van der Waals surface area (Å²) in [6.07, 6.45) is 0. The van der Waals surface area contributed by atoms with E-state index in [1.807, 2.05) is 12.1 Å². The smallest absolute Gasteiger partial charge is 0.124 e. The molecule has 2 heterocycles. The van der Waals surface area contributed by atoms with Crippen LogP contribution in [0.25, 0.3) is 11.0 Å². The van der Waals surface area contributed by atoms with Crippen LogP contribution in [0.4, 0.5) is 0 Å². The van der Waals surface area contributed by atoms with Crippen molar-refractivity contribution in [1.82, 2.24) is 14.5 Å². The summed E-state index contributed by atoms with van der Waals surface area (Å²) in [6, 6.07) is 6.09. The van der Waals surface area contributed by atoms with Gasteiger partial charge in [0.1, 0.15) is 11.6 Å². The van der Waals surface area contributed by atoms with Gasteiger partial charge < -0.3 is 9.30 Å². The molecule has 16 heavy (non-hydrogen) atoms. The minimum Gasteiger partial charge on any atom is -0.497 e. The maximum atomic E-state index is 5.22. The van der Waals surface area contributed by atoms with E-state index in [1.54, 1.807) is 7.11 Å². The van der Waals surface area contributed by atoms with Crippen LogP contribution in [-0.4, -0.2) is 35.2 Å². The van der Waals surface area contributed by atoms with Gasteiger partial charge in [-0.15, -0.1) is 0 Å². The fourth-order valence-corrected chi connectivity index (χ4v) is 2.25. The van der Waals surface area contributed by atoms with E-state index in [9.17, 15) is 0 Å². The number of rotatable bonds is 1. The summed E-state index contributed by atoms with van der Waals surface area (Å²) in [5.41, 5.74) is 2.24. The van der Waals surface area contributed by atoms with Gasteiger partial charge in [0.2, 0.25) is 0 Å². The minimum absolute atomic E-state index is 0.872. The molecule has 3 rings (SSSR count). The third-order valence-electron chi connectivity index (χ3n) is 3.15. The second-order valence-corrected chi connectivity index (χ2v) is 4.27. The molecule has 1 aromatic heterocycles. The second kappa shape index (κ2) is 3.49. The van der Waals surface area contributed by atoms with Gasteiger partial charge in [0, 0.05) is 19.2 Å². The Morgan fingerprint density at radius 1 is 1.31 bits per heavy atom. The molecule has 1 aromatic carbocycles. The van der Waals surface area contributed by atoms with Gasteiger partial charge in [-0.05, 0) is 19.2 Å². The van der Waals surface area contributed by atoms with Gasteiger partial charge >= 0.3 is 0 Å². The quantitative estimate of drug-likeness (QED) is 0.725. The van der Waals surface area contributed by atoms with Crippen LogP contribution in [0.1, 0.15) is 5.82 Å². The number of aromatic nitrogens is 2. The maximum absolute atomic E-state index is 5.22. The predicted octanol–water partition coefficient (Wildman–Crippen LogP) is 1.49. The summed E-state index contributed by atoms with van der Waals surface area (Å²) in [5, 5.41) is 0. The van der Waals surface area contributed by atoms with Crippen molar-refractivity contribution in [2.24, 2.45) is 0 Å². The summed E-state index contributed by atoms with van der Waals surface area (Å²) in [5.74, 6) is 2.02. The van der Waals surface area contributed by atoms with E-state index in [0.29, 0.717) is 0 Å². The molecule has 2 aromatic rings. The molecule has 0 spiro atoms. The molecule has 0 saturated carbocycles. The topological polar surface area (TPSA) is 30.3 Å². The van der Waals surface area contributed by atoms with Crippen molar-refractivity contribution < 1.29 is 4.74 Å². The number of likely N-dealkylation sites (N-methyl/N-ethyl adjacent to an activating group) is 1. The van der Waals surface area contributed by atoms with Crippen LogP contribution in [0.5, 0.6) is 5.75 Å². The van der Waals surface area contributed by atoms with Crippen LogP contribution in [0.3, 0.4) is 0 Å². The van der Waals surface area contributed by atoms with Crippen molar-refractivity contribution in [3.63, 3.8) is 0 Å². The average molecular weight is 217 g/mol. The highest BCUT2D eigenvalue weighted by Gasteiger charge is 2.17. The highest BCUT2D eigenvalue weighted by atomic mass is 16.5. The van der Waals surface area contributed by atoms with Crippen molar-refractivity contribution in [1.29, 1.82) is 0 Å². The number of fused-ring (bicyclic) bond motifs is 3. The molecule has 0 unspecified atom stereocenters. The van der Waals surface area contributed by atoms with E-state index in [-0.39, 0.29) is 0 Å². The van der Waals surface area contributed by atoms with Gasteiger partial charge in [0.05, 0.1) is 24.7 Å². The molecule has 0 fully saturated rings. The first-order valence-electron chi connectivity index (χ1n) is 5.49. The van der Waals surface area contributed by atoms with Crippen LogP contribution in [0, 0.1) is 0 Å². The number of benzene rings is 1. The van der Waals surface area contributed by atoms with Gasteiger partial charge in [-0.3, -0.25) is 4.90 Å². The predicted molar refractivity (Wildman–Crippen MR) is 62.6 cm³/mol. The molecule has 1 aliphatic rings. The first kappa shape index (κ1) is 9.66. The van der Waals surface area contributed by atoms with E-state index >= 15 is 0 Å². The third kappa shape index (κ3) is 1.38. The summed E-state index contributed by atoms with van der Waals surface area (Å²) >= 11 is 0. The minimum atomic E-state index is 0.872. The molecule has 4 heteroatoms. The first-order valence-corrected chi connectivity index (χ1v) is 5.49. The molecule has 0 aliphatic carbocycles. The molecule has 4 nitrogen and oxygen atoms in total. The Bertz CT molecular complexity index is 532. The lowest BCUT2D eigenvalue weighted by Crippen LogP contribution is -2.30. The van der Waals surface area contributed by atoms with Crippen LogP contribution in [0.15, 0.2) is 18.2 Å². The number of nitrogens with zero attached hydrogens (tertiary/aromatic N) is 3. The number of hydrogen-bond donors (Lipinski definition) is 0. The number of ether oxygens (including phenoxy) is 1. The SMILES string of the molecule is COc1ccc2c(c1)nc1n2CCN(C)C1. The fraction of sp³-hybridized carbons (Fsp3) is 0.417. The van der Waals surface area contributed by atoms with Crippen LogP contribution >= 0.6 is 0 Å². The Morgan fingerprint density at radius 3 is 3.00 bits per heavy atom. The molecule has 0 N–H and O–H groups in total. The van der Waals surface area contributed by atoms with Crippen LogP contribution in [0.2, 0.25) is 0 Å². The number of imidazole rings is 1. The van der Waals surface area contributed by atoms with E-state index < -0.39 is 0 Å². The van der Waals surface area contributed by atoms with E-state index in [1.165, 1.54) is 5.52 Å². The zero-order valence-corrected chi connectivity index (χ0v) is 9.60. The Morgan fingerprint density at radius 2 is 2.19 bits per heavy atom. The Balaban J connectivity index is 2.16. The average Bonchev–Trinajstić information content (AvgIpc) is 2.64. The van der Waals surface area contributed by atoms with Crippen molar-refractivity contribution in [2.75, 3.05) is 20.7 Å². The van der Waals surface area contributed by atoms with Crippen LogP contribution < -0.4 is 4.74 Å². The summed E-state index contributed by atoms with van der Waals surface area (Å²) in [7, 11) is 3.81. The third-order valence-corrected chi connectivity index (χ3v) is 3.15. The van der Waals surface area contributed by atoms with E-state index in [2.05, 4.69) is 27.6 Å². The van der Waals surface area contributed by atoms with Crippen molar-refractivity contribution in [3.05, 3.63) is 24.0 Å². The van der Waals surface area contributed by atoms with E-state index in [4.69, 9.17) is 4.74 Å². The largest absolute Gasteiger partial charge is 0.497 e. The molecule has 0 atom stereocenters. The zero-order valence-electron chi connectivity index (χ0n) is 9.60. The highest BCUT2D eigenvalue weighted by Crippen LogP contribution is 2.23. The van der Waals surface area contributed by atoms with Gasteiger partial charge in [-0.25, -0.2) is 4.98 Å². The van der Waals surface area contributed by atoms with Crippen molar-refractivity contribution in [3.8, 4) is 5.75 Å². The van der Waals surface area contributed by atoms with Crippen molar-refractivity contribution in [2.45, 2.75) is 13.1 Å². The Kier molecular flexibility index (Phi) is 2.11. The lowest BCUT2D eigenvalue weighted by Gasteiger charge is -2.23. The zero-order chi connectivity index (χ0) is 11.1. The van der Waals surface area contributed by atoms with Crippen LogP contribution in [-0.2, 0) is 13.1 Å². The molecule has 1 aliphatic heterocycles. The first-order chi connectivity index (χ1) is 7.78. The fourth-order valence-electron chi connectivity index (χ4n) is 2.25. The standard InChI is InChI=1S/C12H15N3O/c1-14-5-6-15-11-4-3-9(16-2)7-10(11)13-12(15)8-14/h3-4,7H,5-6,8H2,1-2H3. The molecule has 0 saturated heterocycles. The second-order valence-electron chi connectivity index (χ2n) is 4.27. The molecule has 0 bridgehead atoms. The Hall–Kier alpha value is -1.55. The molecular formula is C12H15N3O. The summed E-state index contributed by atoms with van der Waals surface area (Å²) < 4.78 is 7.52. The molecule has 84 valence electrons. The monoisotopic (exact) mass is 217 g/mol. The molecular weight excluding hydrogens is 202 g/mol. The van der Waals surface area contributed by atoms with Crippen molar-refractivity contribution >= 4 is 11.0 Å². The lowest BCUT2D eigenvalue weighted by atomic mass is 10.3. The number of hydrogen-bond acceptors (Lipinski definition) is 3. The molecule has 0 amide bonds. The highest BCUT2D eigenvalue weighted by molar-refractivity contribution is 5.77. The lowest BCUT2D eigenvalue weighted by molar-refractivity contribution is 0.267.